The average Bonchev–Trinajstić information content (AvgIpc) is 2.18. The molecule has 13 heavy (non-hydrogen) atoms. The van der Waals surface area contributed by atoms with Crippen LogP contribution in [0.25, 0.3) is 0 Å². The van der Waals surface area contributed by atoms with Crippen molar-refractivity contribution in [3.8, 4) is 0 Å². The van der Waals surface area contributed by atoms with E-state index in [2.05, 4.69) is 16.6 Å². The summed E-state index contributed by atoms with van der Waals surface area (Å²) in [7, 11) is 1.42. The SMILES string of the molecule is CCC1CN(CC(=O)OC)CCO1. The van der Waals surface area contributed by atoms with Crippen LogP contribution in [0, 0.1) is 0 Å². The zero-order chi connectivity index (χ0) is 9.68. The lowest BCUT2D eigenvalue weighted by atomic mass is 10.2. The van der Waals surface area contributed by atoms with Gasteiger partial charge in [0.1, 0.15) is 0 Å². The number of carbonyl (C=O) groups is 1. The Balaban J connectivity index is 2.29. The van der Waals surface area contributed by atoms with Gasteiger partial charge in [0.25, 0.3) is 0 Å². The van der Waals surface area contributed by atoms with E-state index in [1.807, 2.05) is 0 Å². The van der Waals surface area contributed by atoms with Crippen LogP contribution in [0.1, 0.15) is 13.3 Å². The molecule has 0 radical (unpaired) electrons. The normalized spacial score (nSPS) is 24.3. The molecular weight excluding hydrogens is 170 g/mol. The summed E-state index contributed by atoms with van der Waals surface area (Å²) in [5, 5.41) is 0. The van der Waals surface area contributed by atoms with Gasteiger partial charge in [-0.25, -0.2) is 0 Å². The van der Waals surface area contributed by atoms with Crippen LogP contribution in [-0.4, -0.2) is 50.3 Å². The fourth-order valence-electron chi connectivity index (χ4n) is 1.42. The van der Waals surface area contributed by atoms with E-state index < -0.39 is 0 Å². The fourth-order valence-corrected chi connectivity index (χ4v) is 1.42. The lowest BCUT2D eigenvalue weighted by Gasteiger charge is -2.31. The average molecular weight is 187 g/mol. The number of hydrogen-bond acceptors (Lipinski definition) is 4. The van der Waals surface area contributed by atoms with Gasteiger partial charge in [0.2, 0.25) is 0 Å². The maximum Gasteiger partial charge on any atom is 0.319 e. The zero-order valence-electron chi connectivity index (χ0n) is 8.28. The van der Waals surface area contributed by atoms with E-state index in [9.17, 15) is 4.79 Å². The first kappa shape index (κ1) is 10.5. The van der Waals surface area contributed by atoms with Crippen LogP contribution < -0.4 is 0 Å². The molecule has 1 aliphatic rings. The van der Waals surface area contributed by atoms with Gasteiger partial charge in [-0.2, -0.15) is 0 Å². The molecular formula is C9H17NO3. The number of methoxy groups -OCH3 is 1. The van der Waals surface area contributed by atoms with Crippen molar-refractivity contribution in [1.29, 1.82) is 0 Å². The Morgan fingerprint density at radius 3 is 3.08 bits per heavy atom. The number of nitrogens with zero attached hydrogens (tertiary/aromatic N) is 1. The van der Waals surface area contributed by atoms with Gasteiger partial charge >= 0.3 is 5.97 Å². The Morgan fingerprint density at radius 2 is 2.46 bits per heavy atom. The highest BCUT2D eigenvalue weighted by Crippen LogP contribution is 2.07. The second-order valence-electron chi connectivity index (χ2n) is 3.21. The third-order valence-corrected chi connectivity index (χ3v) is 2.26. The van der Waals surface area contributed by atoms with E-state index in [0.29, 0.717) is 6.54 Å². The number of rotatable bonds is 3. The van der Waals surface area contributed by atoms with Crippen molar-refractivity contribution in [2.24, 2.45) is 0 Å². The third kappa shape index (κ3) is 3.32. The smallest absolute Gasteiger partial charge is 0.319 e. The van der Waals surface area contributed by atoms with Crippen molar-refractivity contribution >= 4 is 5.97 Å². The summed E-state index contributed by atoms with van der Waals surface area (Å²) in [6, 6.07) is 0. The second kappa shape index (κ2) is 5.19. The molecule has 0 aromatic rings. The number of hydrogen-bond donors (Lipinski definition) is 0. The van der Waals surface area contributed by atoms with Gasteiger partial charge in [0.05, 0.1) is 26.4 Å². The fraction of sp³-hybridized carbons (Fsp3) is 0.889. The Bertz CT molecular complexity index is 172. The molecule has 1 unspecified atom stereocenters. The predicted octanol–water partition coefficient (Wildman–Crippen LogP) is 0.270. The summed E-state index contributed by atoms with van der Waals surface area (Å²) in [4.78, 5) is 13.0. The van der Waals surface area contributed by atoms with Crippen LogP contribution >= 0.6 is 0 Å². The molecule has 0 aromatic heterocycles. The summed E-state index contributed by atoms with van der Waals surface area (Å²) in [5.41, 5.74) is 0. The van der Waals surface area contributed by atoms with E-state index in [1.165, 1.54) is 7.11 Å². The highest BCUT2D eigenvalue weighted by atomic mass is 16.5. The Labute approximate surface area is 78.8 Å². The standard InChI is InChI=1S/C9H17NO3/c1-3-8-6-10(4-5-13-8)7-9(11)12-2/h8H,3-7H2,1-2H3. The lowest BCUT2D eigenvalue weighted by Crippen LogP contribution is -2.44. The van der Waals surface area contributed by atoms with E-state index in [0.717, 1.165) is 26.1 Å². The van der Waals surface area contributed by atoms with E-state index in [4.69, 9.17) is 4.74 Å². The van der Waals surface area contributed by atoms with Crippen molar-refractivity contribution in [3.63, 3.8) is 0 Å². The Morgan fingerprint density at radius 1 is 1.69 bits per heavy atom. The van der Waals surface area contributed by atoms with Gasteiger partial charge < -0.3 is 9.47 Å². The minimum atomic E-state index is -0.170. The molecule has 1 saturated heterocycles. The van der Waals surface area contributed by atoms with E-state index >= 15 is 0 Å². The second-order valence-corrected chi connectivity index (χ2v) is 3.21. The first-order chi connectivity index (χ1) is 6.26. The number of morpholine rings is 1. The summed E-state index contributed by atoms with van der Waals surface area (Å²) in [5.74, 6) is -0.170. The van der Waals surface area contributed by atoms with Crippen molar-refractivity contribution in [2.45, 2.75) is 19.4 Å². The van der Waals surface area contributed by atoms with Gasteiger partial charge in [0, 0.05) is 13.1 Å². The van der Waals surface area contributed by atoms with E-state index in [1.54, 1.807) is 0 Å². The summed E-state index contributed by atoms with van der Waals surface area (Å²) < 4.78 is 10.1. The lowest BCUT2D eigenvalue weighted by molar-refractivity contribution is -0.143. The first-order valence-electron chi connectivity index (χ1n) is 4.67. The molecule has 4 nitrogen and oxygen atoms in total. The highest BCUT2D eigenvalue weighted by Gasteiger charge is 2.20. The molecule has 1 fully saturated rings. The molecule has 0 saturated carbocycles. The zero-order valence-corrected chi connectivity index (χ0v) is 8.28. The number of carbonyl (C=O) groups excluding carboxylic acids is 1. The number of ether oxygens (including phenoxy) is 2. The van der Waals surface area contributed by atoms with Crippen molar-refractivity contribution in [3.05, 3.63) is 0 Å². The van der Waals surface area contributed by atoms with Gasteiger partial charge in [-0.3, -0.25) is 9.69 Å². The monoisotopic (exact) mass is 187 g/mol. The minimum Gasteiger partial charge on any atom is -0.468 e. The first-order valence-corrected chi connectivity index (χ1v) is 4.67. The van der Waals surface area contributed by atoms with Crippen LogP contribution in [0.5, 0.6) is 0 Å². The van der Waals surface area contributed by atoms with Gasteiger partial charge in [-0.1, -0.05) is 6.92 Å². The summed E-state index contributed by atoms with van der Waals surface area (Å²) >= 11 is 0. The Kier molecular flexibility index (Phi) is 4.18. The highest BCUT2D eigenvalue weighted by molar-refractivity contribution is 5.71. The van der Waals surface area contributed by atoms with Gasteiger partial charge in [-0.05, 0) is 6.42 Å². The molecule has 0 amide bonds. The van der Waals surface area contributed by atoms with Crippen LogP contribution in [-0.2, 0) is 14.3 Å². The molecule has 0 spiro atoms. The van der Waals surface area contributed by atoms with Crippen molar-refractivity contribution in [2.75, 3.05) is 33.4 Å². The molecule has 0 N–H and O–H groups in total. The van der Waals surface area contributed by atoms with Crippen molar-refractivity contribution in [1.82, 2.24) is 4.90 Å². The molecule has 1 rings (SSSR count). The van der Waals surface area contributed by atoms with Crippen LogP contribution in [0.15, 0.2) is 0 Å². The topological polar surface area (TPSA) is 38.8 Å². The molecule has 1 atom stereocenters. The maximum absolute atomic E-state index is 11.0. The molecule has 1 heterocycles. The molecule has 0 bridgehead atoms. The molecule has 76 valence electrons. The maximum atomic E-state index is 11.0. The van der Waals surface area contributed by atoms with Crippen LogP contribution in [0.3, 0.4) is 0 Å². The van der Waals surface area contributed by atoms with Gasteiger partial charge in [0.15, 0.2) is 0 Å². The molecule has 4 heteroatoms. The summed E-state index contributed by atoms with van der Waals surface area (Å²) in [6.45, 7) is 4.86. The van der Waals surface area contributed by atoms with Crippen LogP contribution in [0.2, 0.25) is 0 Å². The van der Waals surface area contributed by atoms with Gasteiger partial charge in [-0.15, -0.1) is 0 Å². The number of esters is 1. The Hall–Kier alpha value is -0.610. The molecule has 0 aliphatic carbocycles. The molecule has 0 aromatic carbocycles. The van der Waals surface area contributed by atoms with Crippen molar-refractivity contribution < 1.29 is 14.3 Å². The quantitative estimate of drug-likeness (QED) is 0.594. The molecule has 1 aliphatic heterocycles. The van der Waals surface area contributed by atoms with Crippen LogP contribution in [0.4, 0.5) is 0 Å². The predicted molar refractivity (Wildman–Crippen MR) is 48.5 cm³/mol. The van der Waals surface area contributed by atoms with E-state index in [-0.39, 0.29) is 12.1 Å². The third-order valence-electron chi connectivity index (χ3n) is 2.26. The minimum absolute atomic E-state index is 0.170. The largest absolute Gasteiger partial charge is 0.468 e. The summed E-state index contributed by atoms with van der Waals surface area (Å²) in [6.07, 6.45) is 1.27.